The van der Waals surface area contributed by atoms with E-state index in [0.29, 0.717) is 42.9 Å². The van der Waals surface area contributed by atoms with E-state index in [9.17, 15) is 4.79 Å². The smallest absolute Gasteiger partial charge is 0.289 e. The van der Waals surface area contributed by atoms with Crippen LogP contribution in [0.3, 0.4) is 0 Å². The van der Waals surface area contributed by atoms with Crippen molar-refractivity contribution in [1.82, 2.24) is 15.0 Å². The van der Waals surface area contributed by atoms with Crippen LogP contribution in [-0.4, -0.2) is 41.1 Å². The molecule has 0 aliphatic heterocycles. The Labute approximate surface area is 157 Å². The van der Waals surface area contributed by atoms with Gasteiger partial charge in [0.15, 0.2) is 5.76 Å². The van der Waals surface area contributed by atoms with E-state index in [2.05, 4.69) is 24.0 Å². The number of carbonyl (C=O) groups is 1. The summed E-state index contributed by atoms with van der Waals surface area (Å²) < 4.78 is 15.8. The molecule has 0 unspecified atom stereocenters. The van der Waals surface area contributed by atoms with E-state index < -0.39 is 0 Å². The van der Waals surface area contributed by atoms with Crippen LogP contribution in [0.4, 0.5) is 0 Å². The van der Waals surface area contributed by atoms with Gasteiger partial charge in [-0.3, -0.25) is 4.79 Å². The second kappa shape index (κ2) is 8.53. The van der Waals surface area contributed by atoms with Crippen LogP contribution in [-0.2, 0) is 6.42 Å². The lowest BCUT2D eigenvalue weighted by molar-refractivity contribution is 0.0702. The average molecular weight is 369 g/mol. The predicted molar refractivity (Wildman–Crippen MR) is 99.4 cm³/mol. The maximum atomic E-state index is 12.6. The van der Waals surface area contributed by atoms with Crippen molar-refractivity contribution >= 4 is 5.91 Å². The lowest BCUT2D eigenvalue weighted by atomic mass is 10.2. The van der Waals surface area contributed by atoms with Gasteiger partial charge in [-0.15, -0.1) is 0 Å². The van der Waals surface area contributed by atoms with Gasteiger partial charge in [0, 0.05) is 25.1 Å². The van der Waals surface area contributed by atoms with Crippen molar-refractivity contribution in [2.75, 3.05) is 20.2 Å². The lowest BCUT2D eigenvalue weighted by Crippen LogP contribution is -2.35. The molecule has 0 aliphatic carbocycles. The van der Waals surface area contributed by atoms with E-state index in [1.54, 1.807) is 24.1 Å². The number of carbonyl (C=O) groups excluding carboxylic acids is 1. The van der Waals surface area contributed by atoms with Gasteiger partial charge in [-0.05, 0) is 30.2 Å². The fraction of sp³-hybridized carbons (Fsp3) is 0.350. The van der Waals surface area contributed by atoms with Crippen LogP contribution in [0.1, 0.15) is 30.3 Å². The van der Waals surface area contributed by atoms with Crippen molar-refractivity contribution in [3.05, 3.63) is 54.3 Å². The molecule has 0 saturated carbocycles. The largest absolute Gasteiger partial charge is 0.497 e. The zero-order chi connectivity index (χ0) is 19.2. The number of aromatic nitrogens is 2. The van der Waals surface area contributed by atoms with Gasteiger partial charge in [0.25, 0.3) is 5.91 Å². The molecule has 0 atom stereocenters. The van der Waals surface area contributed by atoms with Crippen LogP contribution in [0.2, 0.25) is 0 Å². The van der Waals surface area contributed by atoms with Gasteiger partial charge in [-0.25, -0.2) is 0 Å². The predicted octanol–water partition coefficient (Wildman–Crippen LogP) is 3.68. The van der Waals surface area contributed by atoms with Crippen molar-refractivity contribution in [2.45, 2.75) is 20.3 Å². The summed E-state index contributed by atoms with van der Waals surface area (Å²) in [4.78, 5) is 18.8. The molecule has 3 aromatic rings. The zero-order valence-corrected chi connectivity index (χ0v) is 15.7. The van der Waals surface area contributed by atoms with Crippen molar-refractivity contribution in [3.63, 3.8) is 0 Å². The Morgan fingerprint density at radius 1 is 1.26 bits per heavy atom. The molecule has 142 valence electrons. The van der Waals surface area contributed by atoms with Crippen LogP contribution in [0.15, 0.2) is 51.6 Å². The van der Waals surface area contributed by atoms with Gasteiger partial charge in [0.1, 0.15) is 5.75 Å². The van der Waals surface area contributed by atoms with Gasteiger partial charge in [-0.1, -0.05) is 31.1 Å². The molecular weight excluding hydrogens is 346 g/mol. The Kier molecular flexibility index (Phi) is 5.90. The second-order valence-corrected chi connectivity index (χ2v) is 6.62. The maximum absolute atomic E-state index is 12.6. The van der Waals surface area contributed by atoms with E-state index in [0.717, 1.165) is 11.3 Å². The summed E-state index contributed by atoms with van der Waals surface area (Å²) >= 11 is 0. The monoisotopic (exact) mass is 369 g/mol. The molecule has 0 bridgehead atoms. The summed E-state index contributed by atoms with van der Waals surface area (Å²) in [5.74, 6) is 2.23. The highest BCUT2D eigenvalue weighted by atomic mass is 16.5. The number of ether oxygens (including phenoxy) is 1. The normalized spacial score (nSPS) is 11.0. The van der Waals surface area contributed by atoms with Gasteiger partial charge in [0.2, 0.25) is 11.7 Å². The van der Waals surface area contributed by atoms with E-state index in [4.69, 9.17) is 13.7 Å². The third kappa shape index (κ3) is 4.75. The van der Waals surface area contributed by atoms with Crippen LogP contribution < -0.4 is 4.74 Å². The Balaban J connectivity index is 1.68. The topological polar surface area (TPSA) is 81.6 Å². The molecule has 2 aromatic heterocycles. The van der Waals surface area contributed by atoms with E-state index in [1.165, 1.54) is 6.26 Å². The van der Waals surface area contributed by atoms with Crippen LogP contribution in [0.25, 0.3) is 11.4 Å². The second-order valence-electron chi connectivity index (χ2n) is 6.62. The maximum Gasteiger partial charge on any atom is 0.289 e. The van der Waals surface area contributed by atoms with Gasteiger partial charge in [0.05, 0.1) is 13.4 Å². The molecule has 27 heavy (non-hydrogen) atoms. The van der Waals surface area contributed by atoms with Crippen LogP contribution in [0.5, 0.6) is 5.75 Å². The zero-order valence-electron chi connectivity index (χ0n) is 15.7. The molecule has 3 rings (SSSR count). The Bertz CT molecular complexity index is 871. The third-order valence-electron chi connectivity index (χ3n) is 4.00. The molecule has 2 heterocycles. The first kappa shape index (κ1) is 18.7. The number of hydrogen-bond acceptors (Lipinski definition) is 6. The quantitative estimate of drug-likeness (QED) is 0.602. The summed E-state index contributed by atoms with van der Waals surface area (Å²) in [7, 11) is 1.61. The fourth-order valence-corrected chi connectivity index (χ4v) is 2.74. The number of hydrogen-bond donors (Lipinski definition) is 0. The fourth-order valence-electron chi connectivity index (χ4n) is 2.74. The number of methoxy groups -OCH3 is 1. The highest BCUT2D eigenvalue weighted by Crippen LogP contribution is 2.21. The average Bonchev–Trinajstić information content (AvgIpc) is 3.36. The van der Waals surface area contributed by atoms with Gasteiger partial charge >= 0.3 is 0 Å². The minimum Gasteiger partial charge on any atom is -0.497 e. The number of amides is 1. The lowest BCUT2D eigenvalue weighted by Gasteiger charge is -2.22. The molecule has 7 heteroatoms. The SMILES string of the molecule is COc1cccc(-c2noc(CCN(CC(C)C)C(=O)c3ccco3)n2)c1. The summed E-state index contributed by atoms with van der Waals surface area (Å²) in [6.45, 7) is 5.22. The van der Waals surface area contributed by atoms with Gasteiger partial charge < -0.3 is 18.6 Å². The van der Waals surface area contributed by atoms with E-state index in [-0.39, 0.29) is 5.91 Å². The first-order valence-corrected chi connectivity index (χ1v) is 8.86. The van der Waals surface area contributed by atoms with Crippen LogP contribution >= 0.6 is 0 Å². The molecule has 0 aliphatic rings. The number of rotatable bonds is 8. The molecule has 0 saturated heterocycles. The molecule has 0 fully saturated rings. The highest BCUT2D eigenvalue weighted by molar-refractivity contribution is 5.91. The molecular formula is C20H23N3O4. The molecule has 0 radical (unpaired) electrons. The molecule has 0 spiro atoms. The molecule has 7 nitrogen and oxygen atoms in total. The van der Waals surface area contributed by atoms with E-state index >= 15 is 0 Å². The van der Waals surface area contributed by atoms with Crippen molar-refractivity contribution < 1.29 is 18.5 Å². The highest BCUT2D eigenvalue weighted by Gasteiger charge is 2.20. The minimum absolute atomic E-state index is 0.138. The summed E-state index contributed by atoms with van der Waals surface area (Å²) in [6, 6.07) is 10.8. The van der Waals surface area contributed by atoms with Crippen molar-refractivity contribution in [1.29, 1.82) is 0 Å². The summed E-state index contributed by atoms with van der Waals surface area (Å²) in [6.07, 6.45) is 1.97. The number of nitrogens with zero attached hydrogens (tertiary/aromatic N) is 3. The van der Waals surface area contributed by atoms with Gasteiger partial charge in [-0.2, -0.15) is 4.98 Å². The molecule has 1 aromatic carbocycles. The molecule has 1 amide bonds. The first-order valence-electron chi connectivity index (χ1n) is 8.86. The third-order valence-corrected chi connectivity index (χ3v) is 4.00. The minimum atomic E-state index is -0.138. The Morgan fingerprint density at radius 3 is 2.81 bits per heavy atom. The van der Waals surface area contributed by atoms with Crippen molar-refractivity contribution in [2.24, 2.45) is 5.92 Å². The Hall–Kier alpha value is -3.09. The number of furan rings is 1. The summed E-state index contributed by atoms with van der Waals surface area (Å²) in [5.41, 5.74) is 0.815. The summed E-state index contributed by atoms with van der Waals surface area (Å²) in [5, 5.41) is 4.03. The van der Waals surface area contributed by atoms with E-state index in [1.807, 2.05) is 24.3 Å². The number of benzene rings is 1. The standard InChI is InChI=1S/C20H23N3O4/c1-14(2)13-23(20(24)17-8-5-11-26-17)10-9-18-21-19(22-27-18)15-6-4-7-16(12-15)25-3/h4-8,11-12,14H,9-10,13H2,1-3H3. The first-order chi connectivity index (χ1) is 13.1. The molecule has 0 N–H and O–H groups in total. The Morgan fingerprint density at radius 2 is 2.11 bits per heavy atom. The van der Waals surface area contributed by atoms with Crippen LogP contribution in [0, 0.1) is 5.92 Å². The van der Waals surface area contributed by atoms with Crippen molar-refractivity contribution in [3.8, 4) is 17.1 Å².